The third-order valence-electron chi connectivity index (χ3n) is 4.18. The van der Waals surface area contributed by atoms with Gasteiger partial charge >= 0.3 is 0 Å². The van der Waals surface area contributed by atoms with E-state index in [2.05, 4.69) is 31.0 Å². The van der Waals surface area contributed by atoms with E-state index in [1.165, 1.54) is 45.2 Å². The molecule has 0 bridgehead atoms. The van der Waals surface area contributed by atoms with Gasteiger partial charge in [-0.25, -0.2) is 0 Å². The van der Waals surface area contributed by atoms with Crippen molar-refractivity contribution >= 4 is 0 Å². The lowest BCUT2D eigenvalue weighted by atomic mass is 9.85. The van der Waals surface area contributed by atoms with E-state index in [9.17, 15) is 0 Å². The molecule has 1 aliphatic carbocycles. The van der Waals surface area contributed by atoms with Gasteiger partial charge in [0.25, 0.3) is 0 Å². The van der Waals surface area contributed by atoms with E-state index < -0.39 is 0 Å². The summed E-state index contributed by atoms with van der Waals surface area (Å²) in [6.07, 6.45) is 7.36. The van der Waals surface area contributed by atoms with E-state index >= 15 is 0 Å². The van der Waals surface area contributed by atoms with E-state index in [0.29, 0.717) is 0 Å². The van der Waals surface area contributed by atoms with Crippen LogP contribution in [0.1, 0.15) is 52.9 Å². The minimum Gasteiger partial charge on any atom is -0.311 e. The van der Waals surface area contributed by atoms with Crippen LogP contribution in [0.3, 0.4) is 0 Å². The van der Waals surface area contributed by atoms with Gasteiger partial charge in [0.05, 0.1) is 0 Å². The molecular weight excluding hydrogens is 196 g/mol. The Morgan fingerprint density at radius 3 is 2.62 bits per heavy atom. The molecule has 0 aromatic heterocycles. The van der Waals surface area contributed by atoms with Crippen molar-refractivity contribution in [1.82, 2.24) is 10.2 Å². The zero-order valence-corrected chi connectivity index (χ0v) is 11.3. The van der Waals surface area contributed by atoms with E-state index in [1.807, 2.05) is 0 Å². The Morgan fingerprint density at radius 2 is 1.88 bits per heavy atom. The van der Waals surface area contributed by atoms with Crippen LogP contribution in [0, 0.1) is 5.92 Å². The molecule has 0 spiro atoms. The van der Waals surface area contributed by atoms with Crippen LogP contribution in [0.15, 0.2) is 0 Å². The SMILES string of the molecule is CC(C)(C)NCCN1CCC2CCCCC21. The maximum atomic E-state index is 3.60. The Labute approximate surface area is 101 Å². The van der Waals surface area contributed by atoms with Crippen molar-refractivity contribution in [1.29, 1.82) is 0 Å². The second-order valence-corrected chi connectivity index (χ2v) is 6.61. The lowest BCUT2D eigenvalue weighted by Gasteiger charge is -2.32. The molecule has 0 aromatic carbocycles. The maximum absolute atomic E-state index is 3.60. The van der Waals surface area contributed by atoms with E-state index in [1.54, 1.807) is 0 Å². The van der Waals surface area contributed by atoms with Crippen LogP contribution in [0.4, 0.5) is 0 Å². The first-order valence-electron chi connectivity index (χ1n) is 7.05. The van der Waals surface area contributed by atoms with Gasteiger partial charge < -0.3 is 5.32 Å². The van der Waals surface area contributed by atoms with Crippen molar-refractivity contribution in [3.63, 3.8) is 0 Å². The van der Waals surface area contributed by atoms with Crippen molar-refractivity contribution in [3.05, 3.63) is 0 Å². The van der Waals surface area contributed by atoms with Gasteiger partial charge in [0, 0.05) is 24.7 Å². The highest BCUT2D eigenvalue weighted by Gasteiger charge is 2.34. The van der Waals surface area contributed by atoms with E-state index in [-0.39, 0.29) is 5.54 Å². The average Bonchev–Trinajstić information content (AvgIpc) is 2.60. The third kappa shape index (κ3) is 3.21. The molecule has 0 radical (unpaired) electrons. The summed E-state index contributed by atoms with van der Waals surface area (Å²) in [5, 5.41) is 3.60. The van der Waals surface area contributed by atoms with Crippen molar-refractivity contribution in [2.75, 3.05) is 19.6 Å². The van der Waals surface area contributed by atoms with Gasteiger partial charge in [0.2, 0.25) is 0 Å². The summed E-state index contributed by atoms with van der Waals surface area (Å²) in [4.78, 5) is 2.74. The molecule has 1 aliphatic heterocycles. The summed E-state index contributed by atoms with van der Waals surface area (Å²) >= 11 is 0. The molecule has 2 heteroatoms. The summed E-state index contributed by atoms with van der Waals surface area (Å²) in [6.45, 7) is 10.5. The van der Waals surface area contributed by atoms with Crippen molar-refractivity contribution < 1.29 is 0 Å². The Bertz CT molecular complexity index is 219. The zero-order valence-electron chi connectivity index (χ0n) is 11.3. The Morgan fingerprint density at radius 1 is 1.12 bits per heavy atom. The van der Waals surface area contributed by atoms with Gasteiger partial charge in [-0.05, 0) is 52.5 Å². The molecule has 2 rings (SSSR count). The monoisotopic (exact) mass is 224 g/mol. The largest absolute Gasteiger partial charge is 0.311 e. The average molecular weight is 224 g/mol. The number of nitrogens with one attached hydrogen (secondary N) is 1. The summed E-state index contributed by atoms with van der Waals surface area (Å²) in [5.74, 6) is 1.03. The quantitative estimate of drug-likeness (QED) is 0.793. The number of hydrogen-bond donors (Lipinski definition) is 1. The normalized spacial score (nSPS) is 31.7. The Kier molecular flexibility index (Phi) is 3.91. The van der Waals surface area contributed by atoms with Crippen LogP contribution in [0.5, 0.6) is 0 Å². The second-order valence-electron chi connectivity index (χ2n) is 6.61. The standard InChI is InChI=1S/C14H28N2/c1-14(2,3)15-9-11-16-10-8-12-6-4-5-7-13(12)16/h12-13,15H,4-11H2,1-3H3. The molecule has 2 fully saturated rings. The molecule has 2 unspecified atom stereocenters. The Hall–Kier alpha value is -0.0800. The highest BCUT2D eigenvalue weighted by molar-refractivity contribution is 4.90. The number of nitrogens with zero attached hydrogens (tertiary/aromatic N) is 1. The van der Waals surface area contributed by atoms with Crippen molar-refractivity contribution in [3.8, 4) is 0 Å². The maximum Gasteiger partial charge on any atom is 0.0124 e. The smallest absolute Gasteiger partial charge is 0.0124 e. The van der Waals surface area contributed by atoms with E-state index in [4.69, 9.17) is 0 Å². The highest BCUT2D eigenvalue weighted by Crippen LogP contribution is 2.35. The van der Waals surface area contributed by atoms with Crippen LogP contribution in [-0.2, 0) is 0 Å². The van der Waals surface area contributed by atoms with Crippen LogP contribution in [-0.4, -0.2) is 36.1 Å². The second kappa shape index (κ2) is 5.05. The van der Waals surface area contributed by atoms with Crippen LogP contribution in [0.2, 0.25) is 0 Å². The van der Waals surface area contributed by atoms with Crippen molar-refractivity contribution in [2.45, 2.75) is 64.5 Å². The summed E-state index contributed by atoms with van der Waals surface area (Å²) in [7, 11) is 0. The molecule has 1 N–H and O–H groups in total. The zero-order chi connectivity index (χ0) is 11.6. The van der Waals surface area contributed by atoms with E-state index in [0.717, 1.165) is 18.5 Å². The first kappa shape index (κ1) is 12.4. The van der Waals surface area contributed by atoms with Crippen molar-refractivity contribution in [2.24, 2.45) is 5.92 Å². The molecule has 1 saturated heterocycles. The molecule has 2 aliphatic rings. The van der Waals surface area contributed by atoms with Crippen LogP contribution in [0.25, 0.3) is 0 Å². The molecule has 0 aromatic rings. The lowest BCUT2D eigenvalue weighted by Crippen LogP contribution is -2.43. The Balaban J connectivity index is 1.74. The van der Waals surface area contributed by atoms with Gasteiger partial charge in [0.1, 0.15) is 0 Å². The van der Waals surface area contributed by atoms with Crippen LogP contribution < -0.4 is 5.32 Å². The lowest BCUT2D eigenvalue weighted by molar-refractivity contribution is 0.179. The summed E-state index contributed by atoms with van der Waals surface area (Å²) in [6, 6.07) is 0.926. The fourth-order valence-electron chi connectivity index (χ4n) is 3.36. The predicted octanol–water partition coefficient (Wildman–Crippen LogP) is 2.64. The fraction of sp³-hybridized carbons (Fsp3) is 1.00. The number of rotatable bonds is 3. The first-order chi connectivity index (χ1) is 7.56. The minimum absolute atomic E-state index is 0.270. The minimum atomic E-state index is 0.270. The molecular formula is C14H28N2. The molecule has 1 heterocycles. The number of hydrogen-bond acceptors (Lipinski definition) is 2. The fourth-order valence-corrected chi connectivity index (χ4v) is 3.36. The predicted molar refractivity (Wildman–Crippen MR) is 69.7 cm³/mol. The number of fused-ring (bicyclic) bond motifs is 1. The van der Waals surface area contributed by atoms with Gasteiger partial charge in [0.15, 0.2) is 0 Å². The topological polar surface area (TPSA) is 15.3 Å². The molecule has 94 valence electrons. The van der Waals surface area contributed by atoms with Crippen LogP contribution >= 0.6 is 0 Å². The highest BCUT2D eigenvalue weighted by atomic mass is 15.2. The molecule has 1 saturated carbocycles. The first-order valence-corrected chi connectivity index (χ1v) is 7.05. The molecule has 2 atom stereocenters. The third-order valence-corrected chi connectivity index (χ3v) is 4.18. The van der Waals surface area contributed by atoms with Gasteiger partial charge in [-0.3, -0.25) is 4.90 Å². The number of likely N-dealkylation sites (tertiary alicyclic amines) is 1. The van der Waals surface area contributed by atoms with Gasteiger partial charge in [-0.15, -0.1) is 0 Å². The van der Waals surface area contributed by atoms with Gasteiger partial charge in [-0.2, -0.15) is 0 Å². The molecule has 16 heavy (non-hydrogen) atoms. The summed E-state index contributed by atoms with van der Waals surface area (Å²) in [5.41, 5.74) is 0.270. The summed E-state index contributed by atoms with van der Waals surface area (Å²) < 4.78 is 0. The van der Waals surface area contributed by atoms with Gasteiger partial charge in [-0.1, -0.05) is 12.8 Å². The molecule has 0 amide bonds. The molecule has 2 nitrogen and oxygen atoms in total.